The fraction of sp³-hybridized carbons (Fsp3) is 0.923. The maximum absolute atomic E-state index is 13.4. The first-order valence-electron chi connectivity index (χ1n) is 7.40. The van der Waals surface area contributed by atoms with Crippen LogP contribution >= 0.6 is 35.4 Å². The molecule has 6 nitrogen and oxygen atoms in total. The average molecular weight is 476 g/mol. The zero-order valence-electron chi connectivity index (χ0n) is 14.0. The summed E-state index contributed by atoms with van der Waals surface area (Å²) in [5, 5.41) is 9.26. The Bertz CT molecular complexity index is 546. The average Bonchev–Trinajstić information content (AvgIpc) is 2.97. The van der Waals surface area contributed by atoms with E-state index in [0.717, 1.165) is 0 Å². The van der Waals surface area contributed by atoms with Crippen LogP contribution in [0.25, 0.3) is 0 Å². The summed E-state index contributed by atoms with van der Waals surface area (Å²) < 4.78 is 64.5. The fourth-order valence-electron chi connectivity index (χ4n) is 2.79. The lowest BCUT2D eigenvalue weighted by molar-refractivity contribution is -0.160. The molecule has 148 valence electrons. The summed E-state index contributed by atoms with van der Waals surface area (Å²) in [7, 11) is -4.38. The molecule has 0 saturated heterocycles. The van der Waals surface area contributed by atoms with Gasteiger partial charge in [-0.05, 0) is 19.3 Å². The number of halogens is 5. The van der Waals surface area contributed by atoms with Crippen LogP contribution < -0.4 is 0 Å². The lowest BCUT2D eigenvalue weighted by Crippen LogP contribution is -2.48. The lowest BCUT2D eigenvalue weighted by atomic mass is 10.0. The van der Waals surface area contributed by atoms with Gasteiger partial charge < -0.3 is 5.11 Å². The molecule has 25 heavy (non-hydrogen) atoms. The van der Waals surface area contributed by atoms with E-state index < -0.39 is 47.1 Å². The van der Waals surface area contributed by atoms with Gasteiger partial charge in [-0.25, -0.2) is 4.57 Å². The van der Waals surface area contributed by atoms with Crippen molar-refractivity contribution in [2.24, 2.45) is 17.3 Å². The van der Waals surface area contributed by atoms with Crippen molar-refractivity contribution in [1.29, 1.82) is 0 Å². The molecule has 0 bridgehead atoms. The Hall–Kier alpha value is 0.140. The van der Waals surface area contributed by atoms with Crippen LogP contribution in [0.15, 0.2) is 0 Å². The van der Waals surface area contributed by atoms with E-state index in [-0.39, 0.29) is 13.2 Å². The molecule has 0 aromatic rings. The quantitative estimate of drug-likeness (QED) is 0.381. The predicted molar refractivity (Wildman–Crippen MR) is 87.7 cm³/mol. The van der Waals surface area contributed by atoms with E-state index in [1.54, 1.807) is 0 Å². The highest BCUT2D eigenvalue weighted by atomic mass is 79.9. The fourth-order valence-corrected chi connectivity index (χ4v) is 4.95. The van der Waals surface area contributed by atoms with E-state index in [1.165, 1.54) is 27.7 Å². The molecular formula is C13H20BrClF3O6P. The standard InChI is InChI=1S/C13H20BrClF3O6P/c1-5-22-25(21,23-6-2)24-9(12(14,15)13(16,17)18)7-8(10(19)20)11(7,3)4/h7-9H,5-6H2,1-4H3,(H,19,20). The van der Waals surface area contributed by atoms with Gasteiger partial charge in [-0.1, -0.05) is 41.4 Å². The Morgan fingerprint density at radius 3 is 2.04 bits per heavy atom. The van der Waals surface area contributed by atoms with Gasteiger partial charge in [0, 0.05) is 5.92 Å². The Labute approximate surface area is 157 Å². The summed E-state index contributed by atoms with van der Waals surface area (Å²) >= 11 is 8.04. The molecule has 1 saturated carbocycles. The molecule has 1 aliphatic carbocycles. The van der Waals surface area contributed by atoms with Crippen LogP contribution in [0.1, 0.15) is 27.7 Å². The molecule has 1 rings (SSSR count). The number of alkyl halides is 5. The smallest absolute Gasteiger partial charge is 0.475 e. The molecule has 4 unspecified atom stereocenters. The summed E-state index contributed by atoms with van der Waals surface area (Å²) in [4.78, 5) is 11.4. The van der Waals surface area contributed by atoms with Crippen molar-refractivity contribution in [2.75, 3.05) is 13.2 Å². The van der Waals surface area contributed by atoms with E-state index in [9.17, 15) is 27.6 Å². The van der Waals surface area contributed by atoms with Gasteiger partial charge in [0.1, 0.15) is 6.10 Å². The third-order valence-corrected chi connectivity index (χ3v) is 7.02. The van der Waals surface area contributed by atoms with Crippen LogP contribution in [0.4, 0.5) is 13.2 Å². The molecule has 0 aliphatic heterocycles. The first-order valence-corrected chi connectivity index (χ1v) is 10.0. The number of phosphoric ester groups is 1. The number of hydrogen-bond acceptors (Lipinski definition) is 5. The van der Waals surface area contributed by atoms with Crippen molar-refractivity contribution >= 4 is 41.3 Å². The number of phosphoric acid groups is 1. The number of aliphatic carboxylic acids is 1. The zero-order valence-corrected chi connectivity index (χ0v) is 17.2. The Morgan fingerprint density at radius 2 is 1.76 bits per heavy atom. The highest BCUT2D eigenvalue weighted by molar-refractivity contribution is 9.10. The van der Waals surface area contributed by atoms with E-state index >= 15 is 0 Å². The zero-order chi connectivity index (χ0) is 19.8. The van der Waals surface area contributed by atoms with Crippen LogP contribution in [-0.2, 0) is 22.9 Å². The highest BCUT2D eigenvalue weighted by Crippen LogP contribution is 2.68. The highest BCUT2D eigenvalue weighted by Gasteiger charge is 2.73. The maximum atomic E-state index is 13.4. The summed E-state index contributed by atoms with van der Waals surface area (Å²) in [5.41, 5.74) is -1.06. The van der Waals surface area contributed by atoms with Crippen molar-refractivity contribution in [3.8, 4) is 0 Å². The number of carboxylic acid groups (broad SMARTS) is 1. The molecule has 0 radical (unpaired) electrons. The van der Waals surface area contributed by atoms with E-state index in [1.807, 2.05) is 0 Å². The van der Waals surface area contributed by atoms with Gasteiger partial charge in [0.05, 0.1) is 19.1 Å². The van der Waals surface area contributed by atoms with Crippen molar-refractivity contribution in [2.45, 2.75) is 43.8 Å². The first-order chi connectivity index (χ1) is 11.2. The second-order valence-corrected chi connectivity index (χ2v) is 10.0. The minimum absolute atomic E-state index is 0.149. The minimum atomic E-state index is -5.02. The number of carbonyl (C=O) groups is 1. The molecule has 0 amide bonds. The van der Waals surface area contributed by atoms with Crippen LogP contribution in [0, 0.1) is 17.3 Å². The van der Waals surface area contributed by atoms with Gasteiger partial charge >= 0.3 is 20.0 Å². The largest absolute Gasteiger partial charge is 0.481 e. The van der Waals surface area contributed by atoms with E-state index in [4.69, 9.17) is 25.2 Å². The van der Waals surface area contributed by atoms with Gasteiger partial charge in [0.2, 0.25) is 3.78 Å². The van der Waals surface area contributed by atoms with Crippen LogP contribution in [0.5, 0.6) is 0 Å². The van der Waals surface area contributed by atoms with Gasteiger partial charge in [-0.2, -0.15) is 13.2 Å². The van der Waals surface area contributed by atoms with E-state index in [0.29, 0.717) is 0 Å². The molecule has 1 N–H and O–H groups in total. The topological polar surface area (TPSA) is 82.1 Å². The van der Waals surface area contributed by atoms with Gasteiger partial charge in [-0.3, -0.25) is 18.4 Å². The van der Waals surface area contributed by atoms with Crippen molar-refractivity contribution in [3.63, 3.8) is 0 Å². The van der Waals surface area contributed by atoms with Crippen LogP contribution in [0.2, 0.25) is 0 Å². The van der Waals surface area contributed by atoms with Crippen molar-refractivity contribution in [1.82, 2.24) is 0 Å². The third-order valence-electron chi connectivity index (χ3n) is 4.06. The molecule has 12 heteroatoms. The molecule has 0 spiro atoms. The molecule has 4 atom stereocenters. The van der Waals surface area contributed by atoms with Gasteiger partial charge in [-0.15, -0.1) is 0 Å². The summed E-state index contributed by atoms with van der Waals surface area (Å²) in [6.45, 7) is 5.55. The van der Waals surface area contributed by atoms with Crippen LogP contribution in [-0.4, -0.2) is 40.4 Å². The molecule has 1 fully saturated rings. The lowest BCUT2D eigenvalue weighted by Gasteiger charge is -2.34. The Balaban J connectivity index is 3.31. The monoisotopic (exact) mass is 474 g/mol. The Kier molecular flexibility index (Phi) is 7.08. The summed E-state index contributed by atoms with van der Waals surface area (Å²) in [5.74, 6) is -3.63. The minimum Gasteiger partial charge on any atom is -0.481 e. The SMILES string of the molecule is CCOP(=O)(OCC)OC(C1C(C(=O)O)C1(C)C)C(Cl)(Br)C(F)(F)F. The second-order valence-electron chi connectivity index (χ2n) is 6.09. The molecule has 0 heterocycles. The van der Waals surface area contributed by atoms with Gasteiger partial charge in [0.25, 0.3) is 0 Å². The summed E-state index contributed by atoms with van der Waals surface area (Å²) in [6, 6.07) is 0. The normalized spacial score (nSPS) is 26.8. The second kappa shape index (κ2) is 7.64. The van der Waals surface area contributed by atoms with Crippen molar-refractivity contribution < 1.29 is 41.2 Å². The maximum Gasteiger partial charge on any atom is 0.475 e. The predicted octanol–water partition coefficient (Wildman–Crippen LogP) is 4.80. The Morgan fingerprint density at radius 1 is 1.32 bits per heavy atom. The number of rotatable bonds is 9. The summed E-state index contributed by atoms with van der Waals surface area (Å²) in [6.07, 6.45) is -7.04. The number of carboxylic acids is 1. The molecule has 1 aliphatic rings. The number of hydrogen-bond donors (Lipinski definition) is 1. The third kappa shape index (κ3) is 4.71. The molecule has 0 aromatic heterocycles. The van der Waals surface area contributed by atoms with E-state index in [2.05, 4.69) is 15.9 Å². The van der Waals surface area contributed by atoms with Crippen molar-refractivity contribution in [3.05, 3.63) is 0 Å². The molecule has 0 aromatic carbocycles. The molecular weight excluding hydrogens is 455 g/mol. The van der Waals surface area contributed by atoms with Gasteiger partial charge in [0.15, 0.2) is 0 Å². The van der Waals surface area contributed by atoms with Crippen LogP contribution in [0.3, 0.4) is 0 Å². The first kappa shape index (κ1) is 23.2.